The van der Waals surface area contributed by atoms with Crippen LogP contribution >= 0.6 is 0 Å². The molecule has 0 radical (unpaired) electrons. The fourth-order valence-electron chi connectivity index (χ4n) is 1.30. The highest BCUT2D eigenvalue weighted by atomic mass is 19.2. The maximum absolute atomic E-state index is 13.0. The Morgan fingerprint density at radius 3 is 2.62 bits per heavy atom. The molecule has 0 aliphatic carbocycles. The van der Waals surface area contributed by atoms with Crippen LogP contribution in [0.3, 0.4) is 0 Å². The van der Waals surface area contributed by atoms with Crippen molar-refractivity contribution in [3.05, 3.63) is 35.4 Å². The third-order valence-electron chi connectivity index (χ3n) is 2.15. The van der Waals surface area contributed by atoms with Crippen LogP contribution in [-0.4, -0.2) is 24.9 Å². The maximum Gasteiger partial charge on any atom is 0.159 e. The van der Waals surface area contributed by atoms with Crippen LogP contribution in [0.4, 0.5) is 8.78 Å². The lowest BCUT2D eigenvalue weighted by atomic mass is 10.1. The molecule has 0 fully saturated rings. The summed E-state index contributed by atoms with van der Waals surface area (Å²) in [5.41, 5.74) is 5.97. The molecule has 1 aromatic carbocycles. The zero-order chi connectivity index (χ0) is 12.0. The molecular formula is C11H15F2NO2. The van der Waals surface area contributed by atoms with E-state index in [9.17, 15) is 8.78 Å². The zero-order valence-electron chi connectivity index (χ0n) is 8.83. The molecule has 0 saturated carbocycles. The van der Waals surface area contributed by atoms with Gasteiger partial charge in [-0.25, -0.2) is 8.78 Å². The first-order valence-electron chi connectivity index (χ1n) is 5.06. The monoisotopic (exact) mass is 231 g/mol. The number of nitrogens with two attached hydrogens (primary N) is 1. The molecule has 0 aromatic heterocycles. The molecule has 16 heavy (non-hydrogen) atoms. The second-order valence-corrected chi connectivity index (χ2v) is 3.35. The lowest BCUT2D eigenvalue weighted by molar-refractivity contribution is 0.0486. The third kappa shape index (κ3) is 3.52. The van der Waals surface area contributed by atoms with Crippen LogP contribution in [0.2, 0.25) is 0 Å². The Morgan fingerprint density at radius 2 is 2.06 bits per heavy atom. The average molecular weight is 231 g/mol. The molecule has 0 bridgehead atoms. The molecule has 1 unspecified atom stereocenters. The summed E-state index contributed by atoms with van der Waals surface area (Å²) in [5, 5.41) is 8.58. The van der Waals surface area contributed by atoms with Crippen LogP contribution in [-0.2, 0) is 4.74 Å². The SMILES string of the molecule is NCC(OCCCO)c1ccc(F)c(F)c1. The molecule has 0 heterocycles. The van der Waals surface area contributed by atoms with E-state index in [2.05, 4.69) is 0 Å². The molecule has 0 saturated heterocycles. The normalized spacial score (nSPS) is 12.8. The standard InChI is InChI=1S/C11H15F2NO2/c12-9-3-2-8(6-10(9)13)11(7-14)16-5-1-4-15/h2-3,6,11,15H,1,4-5,7,14H2. The zero-order valence-corrected chi connectivity index (χ0v) is 8.83. The summed E-state index contributed by atoms with van der Waals surface area (Å²) in [5.74, 6) is -1.81. The third-order valence-corrected chi connectivity index (χ3v) is 2.15. The summed E-state index contributed by atoms with van der Waals surface area (Å²) >= 11 is 0. The molecule has 0 aliphatic heterocycles. The largest absolute Gasteiger partial charge is 0.396 e. The Kier molecular flexibility index (Phi) is 5.31. The molecule has 0 amide bonds. The van der Waals surface area contributed by atoms with Crippen molar-refractivity contribution in [2.24, 2.45) is 5.73 Å². The molecule has 1 rings (SSSR count). The number of rotatable bonds is 6. The second-order valence-electron chi connectivity index (χ2n) is 3.35. The van der Waals surface area contributed by atoms with Crippen LogP contribution in [0.1, 0.15) is 18.1 Å². The number of halogens is 2. The Labute approximate surface area is 92.8 Å². The molecule has 0 spiro atoms. The average Bonchev–Trinajstić information content (AvgIpc) is 2.29. The van der Waals surface area contributed by atoms with Gasteiger partial charge in [-0.3, -0.25) is 0 Å². The summed E-state index contributed by atoms with van der Waals surface area (Å²) < 4.78 is 31.0. The fraction of sp³-hybridized carbons (Fsp3) is 0.455. The van der Waals surface area contributed by atoms with E-state index in [4.69, 9.17) is 15.6 Å². The number of ether oxygens (including phenoxy) is 1. The summed E-state index contributed by atoms with van der Waals surface area (Å²) in [4.78, 5) is 0. The summed E-state index contributed by atoms with van der Waals surface area (Å²) in [7, 11) is 0. The van der Waals surface area contributed by atoms with Gasteiger partial charge in [0.25, 0.3) is 0 Å². The van der Waals surface area contributed by atoms with Crippen molar-refractivity contribution in [3.8, 4) is 0 Å². The van der Waals surface area contributed by atoms with E-state index in [-0.39, 0.29) is 13.2 Å². The Bertz CT molecular complexity index is 334. The Balaban J connectivity index is 2.67. The lowest BCUT2D eigenvalue weighted by Crippen LogP contribution is -2.17. The van der Waals surface area contributed by atoms with E-state index in [1.165, 1.54) is 6.07 Å². The van der Waals surface area contributed by atoms with Crippen LogP contribution in [0, 0.1) is 11.6 Å². The van der Waals surface area contributed by atoms with Gasteiger partial charge in [0, 0.05) is 19.8 Å². The summed E-state index contributed by atoms with van der Waals surface area (Å²) in [6.07, 6.45) is 0.0156. The van der Waals surface area contributed by atoms with Crippen molar-refractivity contribution in [3.63, 3.8) is 0 Å². The van der Waals surface area contributed by atoms with Gasteiger partial charge in [0.05, 0.1) is 6.10 Å². The van der Waals surface area contributed by atoms with Gasteiger partial charge in [-0.15, -0.1) is 0 Å². The summed E-state index contributed by atoms with van der Waals surface area (Å²) in [6.45, 7) is 0.531. The molecule has 1 aromatic rings. The minimum Gasteiger partial charge on any atom is -0.396 e. The van der Waals surface area contributed by atoms with Gasteiger partial charge < -0.3 is 15.6 Å². The van der Waals surface area contributed by atoms with E-state index in [0.29, 0.717) is 18.6 Å². The van der Waals surface area contributed by atoms with Gasteiger partial charge in [-0.1, -0.05) is 6.07 Å². The van der Waals surface area contributed by atoms with Gasteiger partial charge in [0.15, 0.2) is 11.6 Å². The van der Waals surface area contributed by atoms with Crippen LogP contribution in [0.15, 0.2) is 18.2 Å². The van der Waals surface area contributed by atoms with Crippen LogP contribution < -0.4 is 5.73 Å². The predicted molar refractivity (Wildman–Crippen MR) is 55.8 cm³/mol. The number of aliphatic hydroxyl groups is 1. The number of hydrogen-bond donors (Lipinski definition) is 2. The predicted octanol–water partition coefficient (Wildman–Crippen LogP) is 1.36. The first kappa shape index (κ1) is 13.0. The Morgan fingerprint density at radius 1 is 1.31 bits per heavy atom. The highest BCUT2D eigenvalue weighted by Crippen LogP contribution is 2.18. The number of aliphatic hydroxyl groups excluding tert-OH is 1. The Hall–Kier alpha value is -1.04. The van der Waals surface area contributed by atoms with E-state index in [1.54, 1.807) is 0 Å². The highest BCUT2D eigenvalue weighted by molar-refractivity contribution is 5.20. The highest BCUT2D eigenvalue weighted by Gasteiger charge is 2.12. The molecule has 1 atom stereocenters. The topological polar surface area (TPSA) is 55.5 Å². The quantitative estimate of drug-likeness (QED) is 0.727. The van der Waals surface area contributed by atoms with Crippen molar-refractivity contribution in [2.75, 3.05) is 19.8 Å². The minimum atomic E-state index is -0.915. The van der Waals surface area contributed by atoms with Gasteiger partial charge in [0.1, 0.15) is 0 Å². The van der Waals surface area contributed by atoms with Crippen molar-refractivity contribution in [2.45, 2.75) is 12.5 Å². The summed E-state index contributed by atoms with van der Waals surface area (Å²) in [6, 6.07) is 3.56. The molecule has 3 N–H and O–H groups in total. The van der Waals surface area contributed by atoms with Crippen molar-refractivity contribution < 1.29 is 18.6 Å². The molecule has 3 nitrogen and oxygen atoms in total. The van der Waals surface area contributed by atoms with Gasteiger partial charge in [-0.2, -0.15) is 0 Å². The lowest BCUT2D eigenvalue weighted by Gasteiger charge is -2.16. The smallest absolute Gasteiger partial charge is 0.159 e. The molecule has 5 heteroatoms. The molecule has 0 aliphatic rings. The fourth-order valence-corrected chi connectivity index (χ4v) is 1.30. The first-order valence-corrected chi connectivity index (χ1v) is 5.06. The van der Waals surface area contributed by atoms with E-state index < -0.39 is 17.7 Å². The van der Waals surface area contributed by atoms with Gasteiger partial charge >= 0.3 is 0 Å². The molecular weight excluding hydrogens is 216 g/mol. The van der Waals surface area contributed by atoms with E-state index >= 15 is 0 Å². The van der Waals surface area contributed by atoms with E-state index in [1.807, 2.05) is 0 Å². The van der Waals surface area contributed by atoms with Crippen molar-refractivity contribution in [1.82, 2.24) is 0 Å². The van der Waals surface area contributed by atoms with Gasteiger partial charge in [0.2, 0.25) is 0 Å². The number of benzene rings is 1. The van der Waals surface area contributed by atoms with Crippen molar-refractivity contribution in [1.29, 1.82) is 0 Å². The van der Waals surface area contributed by atoms with Crippen LogP contribution in [0.25, 0.3) is 0 Å². The van der Waals surface area contributed by atoms with Crippen LogP contribution in [0.5, 0.6) is 0 Å². The number of hydrogen-bond acceptors (Lipinski definition) is 3. The minimum absolute atomic E-state index is 0.0229. The maximum atomic E-state index is 13.0. The van der Waals surface area contributed by atoms with Gasteiger partial charge in [-0.05, 0) is 24.1 Å². The first-order chi connectivity index (χ1) is 7.69. The van der Waals surface area contributed by atoms with E-state index in [0.717, 1.165) is 12.1 Å². The second kappa shape index (κ2) is 6.52. The molecule has 90 valence electrons. The van der Waals surface area contributed by atoms with Crippen molar-refractivity contribution >= 4 is 0 Å².